The number of aromatic nitrogens is 2. The number of nitrogens with two attached hydrogens (primary N) is 1. The van der Waals surface area contributed by atoms with Crippen LogP contribution in [0.25, 0.3) is 0 Å². The average Bonchev–Trinajstić information content (AvgIpc) is 2.91. The molecule has 3 aliphatic heterocycles. The third kappa shape index (κ3) is 2.03. The number of methoxy groups -OCH3 is 1. The normalized spacial score (nSPS) is 32.7. The Labute approximate surface area is 106 Å². The third-order valence-electron chi connectivity index (χ3n) is 3.81. The summed E-state index contributed by atoms with van der Waals surface area (Å²) in [6.07, 6.45) is -0.303. The van der Waals surface area contributed by atoms with Gasteiger partial charge in [-0.1, -0.05) is 5.16 Å². The molecular formula is C11H19N5O2. The number of ether oxygens (including phenoxy) is 1. The van der Waals surface area contributed by atoms with Crippen molar-refractivity contribution in [2.45, 2.75) is 12.1 Å². The smallest absolute Gasteiger partial charge is 0.257 e. The van der Waals surface area contributed by atoms with Gasteiger partial charge in [0.2, 0.25) is 0 Å². The summed E-state index contributed by atoms with van der Waals surface area (Å²) in [5, 5.41) is 4.09. The maximum Gasteiger partial charge on any atom is 0.257 e. The molecule has 0 saturated carbocycles. The van der Waals surface area contributed by atoms with Gasteiger partial charge in [0.25, 0.3) is 5.89 Å². The maximum atomic E-state index is 5.59. The van der Waals surface area contributed by atoms with Crippen LogP contribution in [0.1, 0.15) is 23.9 Å². The predicted molar refractivity (Wildman–Crippen MR) is 63.9 cm³/mol. The lowest BCUT2D eigenvalue weighted by atomic mass is 10.1. The largest absolute Gasteiger partial charge is 0.370 e. The molecule has 2 bridgehead atoms. The van der Waals surface area contributed by atoms with E-state index in [4.69, 9.17) is 15.0 Å². The Morgan fingerprint density at radius 3 is 2.78 bits per heavy atom. The Bertz CT molecular complexity index is 398. The second-order valence-corrected chi connectivity index (χ2v) is 4.80. The van der Waals surface area contributed by atoms with E-state index in [1.165, 1.54) is 0 Å². The number of hydrogen-bond donors (Lipinski definition) is 1. The molecule has 100 valence electrons. The van der Waals surface area contributed by atoms with Crippen molar-refractivity contribution >= 4 is 0 Å². The van der Waals surface area contributed by atoms with Gasteiger partial charge in [0.05, 0.1) is 6.04 Å². The summed E-state index contributed by atoms with van der Waals surface area (Å²) < 4.78 is 10.5. The van der Waals surface area contributed by atoms with Crippen LogP contribution in [0.4, 0.5) is 0 Å². The molecule has 0 radical (unpaired) electrons. The molecule has 0 spiro atoms. The van der Waals surface area contributed by atoms with Crippen molar-refractivity contribution in [1.82, 2.24) is 19.9 Å². The molecule has 3 saturated heterocycles. The van der Waals surface area contributed by atoms with Gasteiger partial charge >= 0.3 is 0 Å². The van der Waals surface area contributed by atoms with Crippen LogP contribution >= 0.6 is 0 Å². The van der Waals surface area contributed by atoms with Gasteiger partial charge in [0.1, 0.15) is 6.10 Å². The molecule has 2 atom stereocenters. The van der Waals surface area contributed by atoms with Crippen molar-refractivity contribution in [3.63, 3.8) is 0 Å². The minimum atomic E-state index is -0.303. The Morgan fingerprint density at radius 2 is 2.22 bits per heavy atom. The van der Waals surface area contributed by atoms with Gasteiger partial charge in [-0.3, -0.25) is 9.80 Å². The highest BCUT2D eigenvalue weighted by Gasteiger charge is 2.36. The molecule has 4 rings (SSSR count). The van der Waals surface area contributed by atoms with E-state index in [0.717, 1.165) is 38.5 Å². The van der Waals surface area contributed by atoms with Crippen molar-refractivity contribution < 1.29 is 9.26 Å². The summed E-state index contributed by atoms with van der Waals surface area (Å²) in [5.41, 5.74) is 5.59. The van der Waals surface area contributed by atoms with E-state index < -0.39 is 0 Å². The SMILES string of the molecule is COC(CN)c1nc(C2CN3CCN2CC3)no1. The fourth-order valence-corrected chi connectivity index (χ4v) is 2.67. The minimum Gasteiger partial charge on any atom is -0.370 e. The van der Waals surface area contributed by atoms with Crippen LogP contribution in [0.15, 0.2) is 4.52 Å². The quantitative estimate of drug-likeness (QED) is 0.766. The third-order valence-corrected chi connectivity index (χ3v) is 3.81. The Hall–Kier alpha value is -1.02. The van der Waals surface area contributed by atoms with E-state index in [2.05, 4.69) is 19.9 Å². The number of nitrogens with zero attached hydrogens (tertiary/aromatic N) is 4. The number of rotatable bonds is 4. The highest BCUT2D eigenvalue weighted by molar-refractivity contribution is 5.02. The first-order valence-corrected chi connectivity index (χ1v) is 6.34. The monoisotopic (exact) mass is 253 g/mol. The summed E-state index contributed by atoms with van der Waals surface area (Å²) in [4.78, 5) is 9.30. The number of fused-ring (bicyclic) bond motifs is 3. The summed E-state index contributed by atoms with van der Waals surface area (Å²) in [6, 6.07) is 0.250. The number of piperazine rings is 3. The molecule has 0 aliphatic carbocycles. The number of hydrogen-bond acceptors (Lipinski definition) is 7. The fourth-order valence-electron chi connectivity index (χ4n) is 2.67. The molecule has 3 fully saturated rings. The van der Waals surface area contributed by atoms with Crippen molar-refractivity contribution in [1.29, 1.82) is 0 Å². The molecule has 2 unspecified atom stereocenters. The lowest BCUT2D eigenvalue weighted by Crippen LogP contribution is -2.57. The molecule has 18 heavy (non-hydrogen) atoms. The van der Waals surface area contributed by atoms with Crippen LogP contribution in [-0.4, -0.2) is 66.3 Å². The van der Waals surface area contributed by atoms with Crippen LogP contribution in [0.5, 0.6) is 0 Å². The van der Waals surface area contributed by atoms with Gasteiger partial charge in [-0.15, -0.1) is 0 Å². The molecule has 0 amide bonds. The molecule has 1 aromatic rings. The van der Waals surface area contributed by atoms with E-state index in [1.807, 2.05) is 0 Å². The van der Waals surface area contributed by atoms with Crippen LogP contribution < -0.4 is 5.73 Å². The molecule has 2 N–H and O–H groups in total. The fraction of sp³-hybridized carbons (Fsp3) is 0.818. The van der Waals surface area contributed by atoms with E-state index in [9.17, 15) is 0 Å². The lowest BCUT2D eigenvalue weighted by Gasteiger charge is -2.46. The zero-order chi connectivity index (χ0) is 12.5. The van der Waals surface area contributed by atoms with Gasteiger partial charge in [0.15, 0.2) is 5.82 Å². The molecule has 7 heteroatoms. The summed E-state index contributed by atoms with van der Waals surface area (Å²) in [5.74, 6) is 1.23. The minimum absolute atomic E-state index is 0.250. The highest BCUT2D eigenvalue weighted by Crippen LogP contribution is 2.27. The van der Waals surface area contributed by atoms with Gasteiger partial charge in [0, 0.05) is 46.4 Å². The molecule has 0 aromatic carbocycles. The Balaban J connectivity index is 1.77. The van der Waals surface area contributed by atoms with Crippen molar-refractivity contribution in [3.8, 4) is 0 Å². The molecule has 3 aliphatic rings. The highest BCUT2D eigenvalue weighted by atomic mass is 16.5. The second-order valence-electron chi connectivity index (χ2n) is 4.80. The van der Waals surface area contributed by atoms with Gasteiger partial charge in [-0.05, 0) is 0 Å². The van der Waals surface area contributed by atoms with E-state index in [1.54, 1.807) is 7.11 Å². The molecule has 7 nitrogen and oxygen atoms in total. The molecule has 1 aromatic heterocycles. The van der Waals surface area contributed by atoms with Crippen molar-refractivity contribution in [3.05, 3.63) is 11.7 Å². The Morgan fingerprint density at radius 1 is 1.44 bits per heavy atom. The van der Waals surface area contributed by atoms with Gasteiger partial charge in [-0.25, -0.2) is 0 Å². The predicted octanol–water partition coefficient (Wildman–Crippen LogP) is -0.612. The maximum absolute atomic E-state index is 5.59. The standard InChI is InChI=1S/C11H19N5O2/c1-17-9(6-12)11-13-10(14-18-11)8-7-15-2-4-16(8)5-3-15/h8-9H,2-7,12H2,1H3. The average molecular weight is 253 g/mol. The zero-order valence-electron chi connectivity index (χ0n) is 10.6. The lowest BCUT2D eigenvalue weighted by molar-refractivity contribution is 0.00780. The molecular weight excluding hydrogens is 234 g/mol. The van der Waals surface area contributed by atoms with E-state index in [-0.39, 0.29) is 12.1 Å². The van der Waals surface area contributed by atoms with E-state index in [0.29, 0.717) is 12.4 Å². The van der Waals surface area contributed by atoms with Crippen LogP contribution in [0.3, 0.4) is 0 Å². The van der Waals surface area contributed by atoms with Crippen LogP contribution in [0, 0.1) is 0 Å². The first kappa shape index (κ1) is 12.0. The van der Waals surface area contributed by atoms with Gasteiger partial charge < -0.3 is 15.0 Å². The second kappa shape index (κ2) is 4.93. The summed E-state index contributed by atoms with van der Waals surface area (Å²) in [6.45, 7) is 5.78. The first-order chi connectivity index (χ1) is 8.81. The topological polar surface area (TPSA) is 80.7 Å². The first-order valence-electron chi connectivity index (χ1n) is 6.34. The van der Waals surface area contributed by atoms with Crippen LogP contribution in [0.2, 0.25) is 0 Å². The summed E-state index contributed by atoms with van der Waals surface area (Å²) in [7, 11) is 1.60. The summed E-state index contributed by atoms with van der Waals surface area (Å²) >= 11 is 0. The molecule has 4 heterocycles. The van der Waals surface area contributed by atoms with E-state index >= 15 is 0 Å². The van der Waals surface area contributed by atoms with Gasteiger partial charge in [-0.2, -0.15) is 4.98 Å². The van der Waals surface area contributed by atoms with Crippen molar-refractivity contribution in [2.24, 2.45) is 5.73 Å². The van der Waals surface area contributed by atoms with Crippen LogP contribution in [-0.2, 0) is 4.74 Å². The van der Waals surface area contributed by atoms with Crippen molar-refractivity contribution in [2.75, 3.05) is 46.4 Å². The Kier molecular flexibility index (Phi) is 3.29. The zero-order valence-corrected chi connectivity index (χ0v) is 10.6.